The van der Waals surface area contributed by atoms with Crippen molar-refractivity contribution in [2.45, 2.75) is 20.0 Å². The first-order valence-electron chi connectivity index (χ1n) is 6.74. The van der Waals surface area contributed by atoms with Crippen LogP contribution in [0.25, 0.3) is 0 Å². The molecule has 21 heavy (non-hydrogen) atoms. The molecule has 0 aliphatic heterocycles. The third-order valence-electron chi connectivity index (χ3n) is 2.85. The van der Waals surface area contributed by atoms with Crippen LogP contribution in [0.1, 0.15) is 19.4 Å². The van der Waals surface area contributed by atoms with E-state index in [-0.39, 0.29) is 6.10 Å². The van der Waals surface area contributed by atoms with E-state index in [2.05, 4.69) is 11.4 Å². The molecule has 0 saturated heterocycles. The van der Waals surface area contributed by atoms with E-state index in [4.69, 9.17) is 14.7 Å². The maximum Gasteiger partial charge on any atom is 0.121 e. The molecular formula is C17H18N2O2. The molecule has 0 radical (unpaired) electrons. The van der Waals surface area contributed by atoms with Crippen LogP contribution in [0.5, 0.6) is 11.5 Å². The summed E-state index contributed by atoms with van der Waals surface area (Å²) in [7, 11) is 1.60. The summed E-state index contributed by atoms with van der Waals surface area (Å²) in [6, 6.07) is 15.1. The first kappa shape index (κ1) is 14.7. The second kappa shape index (κ2) is 6.67. The molecule has 0 aromatic heterocycles. The summed E-state index contributed by atoms with van der Waals surface area (Å²) in [5.41, 5.74) is 2.17. The van der Waals surface area contributed by atoms with Crippen LogP contribution in [0.2, 0.25) is 0 Å². The fraction of sp³-hybridized carbons (Fsp3) is 0.235. The van der Waals surface area contributed by atoms with Crippen molar-refractivity contribution in [3.05, 3.63) is 48.0 Å². The zero-order chi connectivity index (χ0) is 15.2. The molecule has 0 fully saturated rings. The van der Waals surface area contributed by atoms with Gasteiger partial charge in [-0.15, -0.1) is 0 Å². The van der Waals surface area contributed by atoms with Crippen LogP contribution in [0.3, 0.4) is 0 Å². The number of methoxy groups -OCH3 is 1. The minimum atomic E-state index is 0.146. The Morgan fingerprint density at radius 1 is 1.05 bits per heavy atom. The molecule has 0 aliphatic carbocycles. The molecule has 108 valence electrons. The highest BCUT2D eigenvalue weighted by molar-refractivity contribution is 5.68. The molecule has 0 spiro atoms. The Morgan fingerprint density at radius 3 is 2.29 bits per heavy atom. The zero-order valence-corrected chi connectivity index (χ0v) is 12.4. The quantitative estimate of drug-likeness (QED) is 0.897. The van der Waals surface area contributed by atoms with E-state index in [1.54, 1.807) is 25.3 Å². The third-order valence-corrected chi connectivity index (χ3v) is 2.85. The number of hydrogen-bond acceptors (Lipinski definition) is 4. The number of nitrogens with zero attached hydrogens (tertiary/aromatic N) is 1. The lowest BCUT2D eigenvalue weighted by Gasteiger charge is -2.12. The number of nitrogens with one attached hydrogen (secondary N) is 1. The van der Waals surface area contributed by atoms with E-state index in [1.165, 1.54) is 0 Å². The normalized spacial score (nSPS) is 10.0. The Labute approximate surface area is 124 Å². The van der Waals surface area contributed by atoms with Gasteiger partial charge in [-0.05, 0) is 50.2 Å². The first-order valence-corrected chi connectivity index (χ1v) is 6.74. The maximum absolute atomic E-state index is 9.15. The van der Waals surface area contributed by atoms with Gasteiger partial charge in [0.15, 0.2) is 0 Å². The van der Waals surface area contributed by atoms with Gasteiger partial charge in [0.1, 0.15) is 17.6 Å². The molecule has 0 atom stereocenters. The van der Waals surface area contributed by atoms with Crippen molar-refractivity contribution >= 4 is 11.4 Å². The summed E-state index contributed by atoms with van der Waals surface area (Å²) in [4.78, 5) is 0. The van der Waals surface area contributed by atoms with Crippen molar-refractivity contribution in [3.63, 3.8) is 0 Å². The number of nitriles is 1. The molecule has 4 heteroatoms. The molecule has 0 bridgehead atoms. The van der Waals surface area contributed by atoms with Crippen molar-refractivity contribution < 1.29 is 9.47 Å². The van der Waals surface area contributed by atoms with E-state index in [0.717, 1.165) is 17.1 Å². The number of hydrogen-bond donors (Lipinski definition) is 1. The van der Waals surface area contributed by atoms with Crippen molar-refractivity contribution in [2.24, 2.45) is 0 Å². The third kappa shape index (κ3) is 3.90. The van der Waals surface area contributed by atoms with E-state index >= 15 is 0 Å². The summed E-state index contributed by atoms with van der Waals surface area (Å²) in [5.74, 6) is 1.53. The number of anilines is 2. The molecular weight excluding hydrogens is 264 g/mol. The lowest BCUT2D eigenvalue weighted by atomic mass is 10.1. The minimum absolute atomic E-state index is 0.146. The van der Waals surface area contributed by atoms with Crippen LogP contribution in [0.15, 0.2) is 42.5 Å². The topological polar surface area (TPSA) is 54.3 Å². The van der Waals surface area contributed by atoms with Gasteiger partial charge in [0.25, 0.3) is 0 Å². The second-order valence-electron chi connectivity index (χ2n) is 4.84. The molecule has 4 nitrogen and oxygen atoms in total. The average molecular weight is 282 g/mol. The Hall–Kier alpha value is -2.67. The van der Waals surface area contributed by atoms with Gasteiger partial charge in [-0.3, -0.25) is 0 Å². The fourth-order valence-electron chi connectivity index (χ4n) is 1.90. The van der Waals surface area contributed by atoms with Crippen molar-refractivity contribution in [3.8, 4) is 17.6 Å². The molecule has 1 N–H and O–H groups in total. The van der Waals surface area contributed by atoms with Gasteiger partial charge in [-0.2, -0.15) is 5.26 Å². The number of rotatable bonds is 5. The lowest BCUT2D eigenvalue weighted by Crippen LogP contribution is -2.05. The standard InChI is InChI=1S/C17H18N2O2/c1-12(2)21-15-8-5-14(6-9-15)19-17-10-16(20-3)7-4-13(17)11-18/h4-10,12,19H,1-3H3. The summed E-state index contributed by atoms with van der Waals surface area (Å²) in [6.07, 6.45) is 0.146. The fourth-order valence-corrected chi connectivity index (χ4v) is 1.90. The Bertz CT molecular complexity index is 643. The smallest absolute Gasteiger partial charge is 0.121 e. The van der Waals surface area contributed by atoms with Crippen LogP contribution in [0.4, 0.5) is 11.4 Å². The number of ether oxygens (including phenoxy) is 2. The number of benzene rings is 2. The van der Waals surface area contributed by atoms with Crippen LogP contribution in [-0.2, 0) is 0 Å². The first-order chi connectivity index (χ1) is 10.1. The Balaban J connectivity index is 2.20. The summed E-state index contributed by atoms with van der Waals surface area (Å²) >= 11 is 0. The van der Waals surface area contributed by atoms with E-state index in [1.807, 2.05) is 38.1 Å². The van der Waals surface area contributed by atoms with Crippen molar-refractivity contribution in [2.75, 3.05) is 12.4 Å². The van der Waals surface area contributed by atoms with Crippen molar-refractivity contribution in [1.82, 2.24) is 0 Å². The van der Waals surface area contributed by atoms with Crippen molar-refractivity contribution in [1.29, 1.82) is 5.26 Å². The lowest BCUT2D eigenvalue weighted by molar-refractivity contribution is 0.242. The zero-order valence-electron chi connectivity index (χ0n) is 12.4. The predicted molar refractivity (Wildman–Crippen MR) is 83.2 cm³/mol. The van der Waals surface area contributed by atoms with Gasteiger partial charge in [0.05, 0.1) is 24.5 Å². The molecule has 0 heterocycles. The van der Waals surface area contributed by atoms with E-state index in [9.17, 15) is 0 Å². The molecule has 2 aromatic rings. The average Bonchev–Trinajstić information content (AvgIpc) is 2.48. The Kier molecular flexibility index (Phi) is 4.68. The highest BCUT2D eigenvalue weighted by atomic mass is 16.5. The van der Waals surface area contributed by atoms with Crippen LogP contribution in [0, 0.1) is 11.3 Å². The maximum atomic E-state index is 9.15. The summed E-state index contributed by atoms with van der Waals surface area (Å²) in [5, 5.41) is 12.4. The largest absolute Gasteiger partial charge is 0.497 e. The highest BCUT2D eigenvalue weighted by Gasteiger charge is 2.05. The molecule has 0 aliphatic rings. The van der Waals surface area contributed by atoms with Gasteiger partial charge in [0.2, 0.25) is 0 Å². The summed E-state index contributed by atoms with van der Waals surface area (Å²) < 4.78 is 10.8. The summed E-state index contributed by atoms with van der Waals surface area (Å²) in [6.45, 7) is 3.98. The minimum Gasteiger partial charge on any atom is -0.497 e. The van der Waals surface area contributed by atoms with Gasteiger partial charge >= 0.3 is 0 Å². The molecule has 0 unspecified atom stereocenters. The van der Waals surface area contributed by atoms with Gasteiger partial charge in [0, 0.05) is 11.8 Å². The van der Waals surface area contributed by atoms with Crippen LogP contribution in [-0.4, -0.2) is 13.2 Å². The van der Waals surface area contributed by atoms with Gasteiger partial charge in [-0.1, -0.05) is 0 Å². The molecule has 0 amide bonds. The van der Waals surface area contributed by atoms with Gasteiger partial charge < -0.3 is 14.8 Å². The van der Waals surface area contributed by atoms with Crippen LogP contribution >= 0.6 is 0 Å². The van der Waals surface area contributed by atoms with E-state index < -0.39 is 0 Å². The highest BCUT2D eigenvalue weighted by Crippen LogP contribution is 2.26. The molecule has 2 rings (SSSR count). The molecule has 2 aromatic carbocycles. The van der Waals surface area contributed by atoms with Crippen LogP contribution < -0.4 is 14.8 Å². The molecule has 0 saturated carbocycles. The Morgan fingerprint density at radius 2 is 1.71 bits per heavy atom. The van der Waals surface area contributed by atoms with E-state index in [0.29, 0.717) is 11.3 Å². The SMILES string of the molecule is COc1ccc(C#N)c(Nc2ccc(OC(C)C)cc2)c1. The monoisotopic (exact) mass is 282 g/mol. The van der Waals surface area contributed by atoms with Gasteiger partial charge in [-0.25, -0.2) is 0 Å². The second-order valence-corrected chi connectivity index (χ2v) is 4.84. The predicted octanol–water partition coefficient (Wildman–Crippen LogP) is 4.10.